The molecule has 0 fully saturated rings. The third-order valence-electron chi connectivity index (χ3n) is 1.25. The third-order valence-corrected chi connectivity index (χ3v) is 1.25. The minimum absolute atomic E-state index is 0. The van der Waals surface area contributed by atoms with Gasteiger partial charge in [-0.25, -0.2) is 0 Å². The van der Waals surface area contributed by atoms with E-state index in [0.717, 1.165) is 0 Å². The average Bonchev–Trinajstić information content (AvgIpc) is 1.82. The van der Waals surface area contributed by atoms with Gasteiger partial charge in [-0.15, -0.1) is 0 Å². The molecule has 0 amide bonds. The first-order chi connectivity index (χ1) is 5.78. The van der Waals surface area contributed by atoms with Crippen LogP contribution in [-0.4, -0.2) is 28.6 Å². The van der Waals surface area contributed by atoms with Crippen molar-refractivity contribution in [3.63, 3.8) is 0 Å². The van der Waals surface area contributed by atoms with Crippen molar-refractivity contribution >= 4 is 17.9 Å². The molecule has 0 aromatic rings. The van der Waals surface area contributed by atoms with Crippen LogP contribution in [0.25, 0.3) is 0 Å². The molecule has 0 saturated carbocycles. The van der Waals surface area contributed by atoms with Crippen LogP contribution in [0.15, 0.2) is 0 Å². The topological polar surface area (TPSA) is 141 Å². The van der Waals surface area contributed by atoms with E-state index in [-0.39, 0.29) is 27.7 Å². The van der Waals surface area contributed by atoms with Gasteiger partial charge >= 0.3 is 27.7 Å². The molecule has 0 atom stereocenters. The summed E-state index contributed by atoms with van der Waals surface area (Å²) >= 11 is 0. The molecule has 0 rings (SSSR count). The second kappa shape index (κ2) is 5.92. The quantitative estimate of drug-likeness (QED) is 0.463. The van der Waals surface area contributed by atoms with Crippen LogP contribution in [0.1, 0.15) is 12.8 Å². The van der Waals surface area contributed by atoms with Crippen LogP contribution < -0.4 is 15.3 Å². The Balaban J connectivity index is 0. The Kier molecular flexibility index (Phi) is 6.66. The Hall–Kier alpha value is -0.695. The number of carboxylic acids is 3. The van der Waals surface area contributed by atoms with E-state index in [4.69, 9.17) is 5.11 Å². The van der Waals surface area contributed by atoms with Crippen molar-refractivity contribution in [2.75, 3.05) is 0 Å². The molecule has 73 valence electrons. The summed E-state index contributed by atoms with van der Waals surface area (Å²) < 4.78 is 0. The van der Waals surface area contributed by atoms with Gasteiger partial charge in [0.25, 0.3) is 0 Å². The molecular formula is C6H5HgO7. The van der Waals surface area contributed by atoms with Gasteiger partial charge in [0.2, 0.25) is 0 Å². The number of carboxylic acid groups (broad SMARTS) is 3. The van der Waals surface area contributed by atoms with E-state index in [9.17, 15) is 29.7 Å². The van der Waals surface area contributed by atoms with E-state index in [1.807, 2.05) is 0 Å². The van der Waals surface area contributed by atoms with Gasteiger partial charge in [0.1, 0.15) is 5.60 Å². The van der Waals surface area contributed by atoms with Gasteiger partial charge < -0.3 is 34.8 Å². The zero-order chi connectivity index (χ0) is 10.6. The first kappa shape index (κ1) is 15.8. The number of hydrogen-bond donors (Lipinski definition) is 1. The molecule has 14 heavy (non-hydrogen) atoms. The zero-order valence-electron chi connectivity index (χ0n) is 7.02. The number of carbonyl (C=O) groups excluding carboxylic acids is 3. The normalized spacial score (nSPS) is 10.1. The fourth-order valence-electron chi connectivity index (χ4n) is 0.684. The molecule has 0 bridgehead atoms. The predicted molar refractivity (Wildman–Crippen MR) is 29.2 cm³/mol. The van der Waals surface area contributed by atoms with Gasteiger partial charge in [0.05, 0.1) is 5.97 Å². The van der Waals surface area contributed by atoms with E-state index < -0.39 is 36.4 Å². The van der Waals surface area contributed by atoms with Crippen molar-refractivity contribution in [2.45, 2.75) is 18.4 Å². The van der Waals surface area contributed by atoms with Gasteiger partial charge in [-0.05, 0) is 0 Å². The Labute approximate surface area is 98.9 Å². The minimum atomic E-state index is -2.97. The van der Waals surface area contributed by atoms with Gasteiger partial charge in [-0.2, -0.15) is 0 Å². The fraction of sp³-hybridized carbons (Fsp3) is 0.500. The Bertz CT molecular complexity index is 233. The van der Waals surface area contributed by atoms with Crippen LogP contribution in [0.3, 0.4) is 0 Å². The fourth-order valence-corrected chi connectivity index (χ4v) is 0.684. The van der Waals surface area contributed by atoms with E-state index >= 15 is 0 Å². The Morgan fingerprint density at radius 3 is 1.43 bits per heavy atom. The van der Waals surface area contributed by atoms with Crippen LogP contribution in [0.2, 0.25) is 0 Å². The minimum Gasteiger partial charge on any atom is -0.550 e. The summed E-state index contributed by atoms with van der Waals surface area (Å²) in [5, 5.41) is 38.9. The molecule has 7 nitrogen and oxygen atoms in total. The maximum atomic E-state index is 10.1. The van der Waals surface area contributed by atoms with Crippen LogP contribution in [0.4, 0.5) is 0 Å². The summed E-state index contributed by atoms with van der Waals surface area (Å²) in [6.45, 7) is 0. The molecule has 8 heteroatoms. The van der Waals surface area contributed by atoms with Crippen molar-refractivity contribution < 1.29 is 62.5 Å². The van der Waals surface area contributed by atoms with Crippen molar-refractivity contribution in [1.82, 2.24) is 0 Å². The van der Waals surface area contributed by atoms with Crippen molar-refractivity contribution in [3.8, 4) is 0 Å². The predicted octanol–water partition coefficient (Wildman–Crippen LogP) is -5.26. The van der Waals surface area contributed by atoms with Gasteiger partial charge in [-0.1, -0.05) is 0 Å². The van der Waals surface area contributed by atoms with Crippen LogP contribution in [-0.2, 0) is 42.1 Å². The summed E-state index contributed by atoms with van der Waals surface area (Å²) in [7, 11) is 0. The molecule has 0 aromatic heterocycles. The molecule has 0 heterocycles. The van der Waals surface area contributed by atoms with E-state index in [1.54, 1.807) is 0 Å². The molecule has 0 aliphatic carbocycles. The van der Waals surface area contributed by atoms with E-state index in [2.05, 4.69) is 0 Å². The molecule has 0 aliphatic heterocycles. The van der Waals surface area contributed by atoms with Gasteiger partial charge in [0, 0.05) is 24.8 Å². The molecule has 0 aromatic carbocycles. The SMILES string of the molecule is O=C([O-])CC(O)(CC(=O)[O-])C(=O)[O-].[Hg+3]. The smallest absolute Gasteiger partial charge is 0.550 e. The zero-order valence-corrected chi connectivity index (χ0v) is 12.5. The molecule has 0 saturated heterocycles. The number of aliphatic hydroxyl groups is 1. The van der Waals surface area contributed by atoms with Gasteiger partial charge in [-0.3, -0.25) is 0 Å². The molecule has 0 radical (unpaired) electrons. The average molecular weight is 390 g/mol. The number of rotatable bonds is 5. The maximum absolute atomic E-state index is 10.1. The molecule has 1 N–H and O–H groups in total. The van der Waals surface area contributed by atoms with Crippen LogP contribution >= 0.6 is 0 Å². The first-order valence-corrected chi connectivity index (χ1v) is 3.11. The first-order valence-electron chi connectivity index (χ1n) is 3.11. The molecule has 0 unspecified atom stereocenters. The largest absolute Gasteiger partial charge is 3.00 e. The second-order valence-electron chi connectivity index (χ2n) is 2.42. The molecule has 0 aliphatic rings. The van der Waals surface area contributed by atoms with E-state index in [1.165, 1.54) is 0 Å². The van der Waals surface area contributed by atoms with Crippen LogP contribution in [0.5, 0.6) is 0 Å². The number of hydrogen-bond acceptors (Lipinski definition) is 7. The van der Waals surface area contributed by atoms with Gasteiger partial charge in [0.15, 0.2) is 0 Å². The summed E-state index contributed by atoms with van der Waals surface area (Å²) in [4.78, 5) is 30.0. The number of carbonyl (C=O) groups is 3. The summed E-state index contributed by atoms with van der Waals surface area (Å²) in [6.07, 6.45) is -2.72. The molecular weight excluding hydrogens is 385 g/mol. The Morgan fingerprint density at radius 1 is 1.00 bits per heavy atom. The monoisotopic (exact) mass is 391 g/mol. The van der Waals surface area contributed by atoms with Crippen molar-refractivity contribution in [2.24, 2.45) is 0 Å². The van der Waals surface area contributed by atoms with Crippen molar-refractivity contribution in [3.05, 3.63) is 0 Å². The number of aliphatic carboxylic acids is 3. The third kappa shape index (κ3) is 5.13. The second-order valence-corrected chi connectivity index (χ2v) is 2.42. The Morgan fingerprint density at radius 2 is 1.29 bits per heavy atom. The van der Waals surface area contributed by atoms with Crippen LogP contribution in [0, 0.1) is 0 Å². The standard InChI is InChI=1S/C6H8O7.Hg/c7-3(8)1-6(13,5(11)12)2-4(9)10;/h13H,1-2H2,(H,7,8)(H,9,10)(H,11,12);/q;+3/p-3. The summed E-state index contributed by atoms with van der Waals surface area (Å²) in [6, 6.07) is 0. The van der Waals surface area contributed by atoms with E-state index in [0.29, 0.717) is 0 Å². The molecule has 0 spiro atoms. The van der Waals surface area contributed by atoms with Crippen molar-refractivity contribution in [1.29, 1.82) is 0 Å². The summed E-state index contributed by atoms with van der Waals surface area (Å²) in [5.41, 5.74) is -2.97. The summed E-state index contributed by atoms with van der Waals surface area (Å²) in [5.74, 6) is -5.98. The maximum Gasteiger partial charge on any atom is 3.00 e.